The Bertz CT molecular complexity index is 1070. The molecular formula is C20H20N6O3S. The van der Waals surface area contributed by atoms with Crippen molar-refractivity contribution in [3.8, 4) is 6.07 Å². The highest BCUT2D eigenvalue weighted by molar-refractivity contribution is 8.00. The number of hydrogen-bond donors (Lipinski definition) is 2. The first-order valence-electron chi connectivity index (χ1n) is 9.17. The molecule has 2 heterocycles. The van der Waals surface area contributed by atoms with E-state index >= 15 is 0 Å². The topological polar surface area (TPSA) is 140 Å². The normalized spacial score (nSPS) is 11.6. The molecule has 2 aromatic heterocycles. The first-order chi connectivity index (χ1) is 14.5. The van der Waals surface area contributed by atoms with Crippen LogP contribution in [0.4, 0.5) is 5.69 Å². The average Bonchev–Trinajstić information content (AvgIpc) is 3.37. The van der Waals surface area contributed by atoms with Gasteiger partial charge in [0.25, 0.3) is 0 Å². The van der Waals surface area contributed by atoms with Gasteiger partial charge in [-0.25, -0.2) is 0 Å². The molecular weight excluding hydrogens is 404 g/mol. The van der Waals surface area contributed by atoms with Crippen LogP contribution in [0.5, 0.6) is 0 Å². The fraction of sp³-hybridized carbons (Fsp3) is 0.250. The number of hydrogen-bond acceptors (Lipinski definition) is 7. The SMILES string of the molecule is CC(Sc1nnc(CCC(N)=O)n1Cc1ccco1)C(=O)Nc1ccccc1C#N. The molecule has 0 fully saturated rings. The number of rotatable bonds is 9. The molecule has 0 saturated carbocycles. The monoisotopic (exact) mass is 424 g/mol. The van der Waals surface area contributed by atoms with Gasteiger partial charge >= 0.3 is 0 Å². The molecule has 1 unspecified atom stereocenters. The summed E-state index contributed by atoms with van der Waals surface area (Å²) < 4.78 is 7.22. The number of primary amides is 1. The maximum atomic E-state index is 12.7. The Morgan fingerprint density at radius 3 is 2.80 bits per heavy atom. The molecule has 0 radical (unpaired) electrons. The average molecular weight is 424 g/mol. The quantitative estimate of drug-likeness (QED) is 0.502. The van der Waals surface area contributed by atoms with Crippen molar-refractivity contribution >= 4 is 29.3 Å². The molecule has 0 saturated heterocycles. The number of anilines is 1. The van der Waals surface area contributed by atoms with Crippen molar-refractivity contribution in [2.75, 3.05) is 5.32 Å². The highest BCUT2D eigenvalue weighted by Crippen LogP contribution is 2.25. The van der Waals surface area contributed by atoms with E-state index in [-0.39, 0.29) is 12.3 Å². The van der Waals surface area contributed by atoms with E-state index in [1.54, 1.807) is 48.1 Å². The van der Waals surface area contributed by atoms with Gasteiger partial charge in [-0.05, 0) is 31.2 Å². The van der Waals surface area contributed by atoms with E-state index in [9.17, 15) is 14.9 Å². The summed E-state index contributed by atoms with van der Waals surface area (Å²) in [6, 6.07) is 12.4. The minimum atomic E-state index is -0.514. The first-order valence-corrected chi connectivity index (χ1v) is 10.0. The summed E-state index contributed by atoms with van der Waals surface area (Å²) in [5.74, 6) is 0.571. The highest BCUT2D eigenvalue weighted by Gasteiger charge is 2.21. The molecule has 9 nitrogen and oxygen atoms in total. The van der Waals surface area contributed by atoms with Gasteiger partial charge in [-0.3, -0.25) is 14.2 Å². The Hall–Kier alpha value is -3.58. The molecule has 0 bridgehead atoms. The zero-order valence-corrected chi connectivity index (χ0v) is 17.1. The fourth-order valence-corrected chi connectivity index (χ4v) is 3.55. The van der Waals surface area contributed by atoms with E-state index in [2.05, 4.69) is 21.6 Å². The number of nitrogens with zero attached hydrogens (tertiary/aromatic N) is 4. The molecule has 1 atom stereocenters. The number of furan rings is 1. The van der Waals surface area contributed by atoms with Crippen LogP contribution >= 0.6 is 11.8 Å². The van der Waals surface area contributed by atoms with Crippen LogP contribution in [0.3, 0.4) is 0 Å². The van der Waals surface area contributed by atoms with Crippen molar-refractivity contribution in [3.63, 3.8) is 0 Å². The summed E-state index contributed by atoms with van der Waals surface area (Å²) in [5.41, 5.74) is 6.10. The van der Waals surface area contributed by atoms with Crippen molar-refractivity contribution in [2.24, 2.45) is 5.73 Å². The number of amides is 2. The fourth-order valence-electron chi connectivity index (χ4n) is 2.68. The van der Waals surface area contributed by atoms with Crippen molar-refractivity contribution in [3.05, 3.63) is 59.8 Å². The van der Waals surface area contributed by atoms with Crippen LogP contribution in [-0.2, 0) is 22.6 Å². The zero-order valence-electron chi connectivity index (χ0n) is 16.2. The van der Waals surface area contributed by atoms with E-state index < -0.39 is 11.2 Å². The Morgan fingerprint density at radius 2 is 2.10 bits per heavy atom. The predicted octanol–water partition coefficient (Wildman–Crippen LogP) is 2.33. The third kappa shape index (κ3) is 5.27. The van der Waals surface area contributed by atoms with Crippen LogP contribution in [0.15, 0.2) is 52.2 Å². The van der Waals surface area contributed by atoms with E-state index in [0.29, 0.717) is 41.0 Å². The van der Waals surface area contributed by atoms with Crippen molar-refractivity contribution in [1.29, 1.82) is 5.26 Å². The van der Waals surface area contributed by atoms with Gasteiger partial charge in [-0.2, -0.15) is 5.26 Å². The number of nitriles is 1. The number of nitrogens with one attached hydrogen (secondary N) is 1. The minimum absolute atomic E-state index is 0.141. The van der Waals surface area contributed by atoms with Gasteiger partial charge in [0.1, 0.15) is 17.7 Å². The van der Waals surface area contributed by atoms with Gasteiger partial charge in [0.2, 0.25) is 11.8 Å². The maximum absolute atomic E-state index is 12.7. The van der Waals surface area contributed by atoms with Crippen molar-refractivity contribution in [2.45, 2.75) is 36.7 Å². The van der Waals surface area contributed by atoms with E-state index in [4.69, 9.17) is 10.2 Å². The van der Waals surface area contributed by atoms with Gasteiger partial charge < -0.3 is 15.5 Å². The molecule has 0 aliphatic carbocycles. The molecule has 3 rings (SSSR count). The zero-order chi connectivity index (χ0) is 21.5. The van der Waals surface area contributed by atoms with E-state index in [1.807, 2.05) is 6.07 Å². The van der Waals surface area contributed by atoms with E-state index in [1.165, 1.54) is 11.8 Å². The molecule has 3 aromatic rings. The minimum Gasteiger partial charge on any atom is -0.467 e. The number of benzene rings is 1. The van der Waals surface area contributed by atoms with Gasteiger partial charge in [-0.15, -0.1) is 10.2 Å². The number of carbonyl (C=O) groups excluding carboxylic acids is 2. The largest absolute Gasteiger partial charge is 0.467 e. The third-order valence-electron chi connectivity index (χ3n) is 4.24. The second-order valence-corrected chi connectivity index (χ2v) is 7.75. The summed E-state index contributed by atoms with van der Waals surface area (Å²) in [6.07, 6.45) is 2.04. The van der Waals surface area contributed by atoms with Crippen LogP contribution in [0.2, 0.25) is 0 Å². The van der Waals surface area contributed by atoms with Crippen LogP contribution in [0.25, 0.3) is 0 Å². The summed E-state index contributed by atoms with van der Waals surface area (Å²) in [4.78, 5) is 23.8. The number of thioether (sulfide) groups is 1. The highest BCUT2D eigenvalue weighted by atomic mass is 32.2. The summed E-state index contributed by atoms with van der Waals surface area (Å²) in [6.45, 7) is 2.10. The molecule has 3 N–H and O–H groups in total. The van der Waals surface area contributed by atoms with Gasteiger partial charge in [0, 0.05) is 12.8 Å². The summed E-state index contributed by atoms with van der Waals surface area (Å²) in [5, 5.41) is 20.3. The van der Waals surface area contributed by atoms with Crippen LogP contribution in [0.1, 0.15) is 30.5 Å². The number of nitrogens with two attached hydrogens (primary N) is 1. The predicted molar refractivity (Wildman–Crippen MR) is 110 cm³/mol. The Morgan fingerprint density at radius 1 is 1.30 bits per heavy atom. The third-order valence-corrected chi connectivity index (χ3v) is 5.32. The van der Waals surface area contributed by atoms with Crippen LogP contribution < -0.4 is 11.1 Å². The molecule has 2 amide bonds. The van der Waals surface area contributed by atoms with Crippen molar-refractivity contribution < 1.29 is 14.0 Å². The maximum Gasteiger partial charge on any atom is 0.237 e. The number of aryl methyl sites for hydroxylation is 1. The van der Waals surface area contributed by atoms with Gasteiger partial charge in [0.15, 0.2) is 5.16 Å². The molecule has 0 spiro atoms. The standard InChI is InChI=1S/C20H20N6O3S/c1-13(19(28)23-16-7-3-2-5-14(16)11-21)30-20-25-24-18(9-8-17(22)27)26(20)12-15-6-4-10-29-15/h2-7,10,13H,8-9,12H2,1H3,(H2,22,27)(H,23,28). The molecule has 0 aliphatic rings. The molecule has 10 heteroatoms. The summed E-state index contributed by atoms with van der Waals surface area (Å²) in [7, 11) is 0. The van der Waals surface area contributed by atoms with Crippen LogP contribution in [-0.4, -0.2) is 31.8 Å². The van der Waals surface area contributed by atoms with E-state index in [0.717, 1.165) is 0 Å². The van der Waals surface area contributed by atoms with Gasteiger partial charge in [-0.1, -0.05) is 23.9 Å². The summed E-state index contributed by atoms with van der Waals surface area (Å²) >= 11 is 1.22. The Labute approximate surface area is 177 Å². The lowest BCUT2D eigenvalue weighted by atomic mass is 10.2. The molecule has 0 aliphatic heterocycles. The molecule has 1 aromatic carbocycles. The molecule has 30 heavy (non-hydrogen) atoms. The van der Waals surface area contributed by atoms with Crippen LogP contribution in [0, 0.1) is 11.3 Å². The smallest absolute Gasteiger partial charge is 0.237 e. The Balaban J connectivity index is 1.76. The Kier molecular flexibility index (Phi) is 6.87. The second kappa shape index (κ2) is 9.76. The number of carbonyl (C=O) groups is 2. The second-order valence-electron chi connectivity index (χ2n) is 6.44. The van der Waals surface area contributed by atoms with Gasteiger partial charge in [0.05, 0.1) is 29.3 Å². The van der Waals surface area contributed by atoms with Crippen molar-refractivity contribution in [1.82, 2.24) is 14.8 Å². The number of aromatic nitrogens is 3. The lowest BCUT2D eigenvalue weighted by molar-refractivity contribution is -0.118. The lowest BCUT2D eigenvalue weighted by Gasteiger charge is -2.13. The number of para-hydroxylation sites is 1. The lowest BCUT2D eigenvalue weighted by Crippen LogP contribution is -2.23. The first kappa shape index (κ1) is 21.1. The molecule has 154 valence electrons.